The molecule has 56 valence electrons. The molecule has 0 rings (SSSR count). The fraction of sp³-hybridized carbons (Fsp3) is 0.400. The van der Waals surface area contributed by atoms with Gasteiger partial charge < -0.3 is 0 Å². The molecular weight excluding hydrogens is 120 g/mol. The lowest BCUT2D eigenvalue weighted by Crippen LogP contribution is -1.71. The van der Waals surface area contributed by atoms with Crippen LogP contribution < -0.4 is 0 Å². The fourth-order valence-electron chi connectivity index (χ4n) is 0.799. The first-order valence-corrected chi connectivity index (χ1v) is 3.68. The zero-order chi connectivity index (χ0) is 7.98. The largest absolute Gasteiger partial charge is 0.0988 e. The third-order valence-electron chi connectivity index (χ3n) is 1.30. The van der Waals surface area contributed by atoms with Crippen LogP contribution in [0.3, 0.4) is 0 Å². The van der Waals surface area contributed by atoms with Crippen molar-refractivity contribution in [3.8, 4) is 0 Å². The van der Waals surface area contributed by atoms with Crippen LogP contribution >= 0.6 is 0 Å². The maximum Gasteiger partial charge on any atom is -0.0374 e. The monoisotopic (exact) mass is 136 g/mol. The van der Waals surface area contributed by atoms with Gasteiger partial charge in [0.25, 0.3) is 0 Å². The molecule has 0 spiro atoms. The van der Waals surface area contributed by atoms with Gasteiger partial charge in [0.1, 0.15) is 0 Å². The van der Waals surface area contributed by atoms with Gasteiger partial charge in [-0.15, -0.1) is 0 Å². The minimum Gasteiger partial charge on any atom is -0.0988 e. The van der Waals surface area contributed by atoms with Crippen LogP contribution in [-0.2, 0) is 0 Å². The van der Waals surface area contributed by atoms with Crippen molar-refractivity contribution in [3.63, 3.8) is 0 Å². The summed E-state index contributed by atoms with van der Waals surface area (Å²) in [6.07, 6.45) is 7.31. The smallest absolute Gasteiger partial charge is 0.0374 e. The molecule has 0 aromatic rings. The van der Waals surface area contributed by atoms with Crippen LogP contribution in [-0.4, -0.2) is 0 Å². The van der Waals surface area contributed by atoms with Gasteiger partial charge in [0.2, 0.25) is 0 Å². The van der Waals surface area contributed by atoms with Gasteiger partial charge >= 0.3 is 0 Å². The quantitative estimate of drug-likeness (QED) is 0.521. The normalized spacial score (nSPS) is 13.5. The van der Waals surface area contributed by atoms with Crippen LogP contribution in [0.1, 0.15) is 27.2 Å². The molecule has 0 aliphatic rings. The number of allylic oxidation sites excluding steroid dienone is 5. The minimum absolute atomic E-state index is 1.10. The van der Waals surface area contributed by atoms with Crippen molar-refractivity contribution in [2.24, 2.45) is 0 Å². The number of hydrogen-bond donors (Lipinski definition) is 0. The van der Waals surface area contributed by atoms with Crippen molar-refractivity contribution in [1.29, 1.82) is 0 Å². The Bertz CT molecular complexity index is 159. The van der Waals surface area contributed by atoms with Gasteiger partial charge in [-0.05, 0) is 20.3 Å². The second-order valence-electron chi connectivity index (χ2n) is 2.45. The molecule has 0 aromatic heterocycles. The summed E-state index contributed by atoms with van der Waals surface area (Å²) in [7, 11) is 0. The molecule has 0 atom stereocenters. The maximum atomic E-state index is 3.68. The van der Waals surface area contributed by atoms with Crippen LogP contribution in [0.5, 0.6) is 0 Å². The first kappa shape index (κ1) is 9.22. The Morgan fingerprint density at radius 3 is 2.30 bits per heavy atom. The Morgan fingerprint density at radius 1 is 1.30 bits per heavy atom. The molecule has 0 saturated heterocycles. The van der Waals surface area contributed by atoms with Gasteiger partial charge in [-0.1, -0.05) is 42.9 Å². The van der Waals surface area contributed by atoms with Gasteiger partial charge in [-0.3, -0.25) is 0 Å². The van der Waals surface area contributed by atoms with Crippen molar-refractivity contribution in [2.75, 3.05) is 0 Å². The Balaban J connectivity index is 4.11. The molecule has 0 fully saturated rings. The van der Waals surface area contributed by atoms with Crippen LogP contribution in [0.4, 0.5) is 0 Å². The summed E-state index contributed by atoms with van der Waals surface area (Å²) in [5.74, 6) is 0. The maximum absolute atomic E-state index is 3.68. The second kappa shape index (κ2) is 5.04. The zero-order valence-electron chi connectivity index (χ0n) is 7.15. The Hall–Kier alpha value is -0.780. The van der Waals surface area contributed by atoms with E-state index < -0.39 is 0 Å². The molecule has 0 unspecified atom stereocenters. The zero-order valence-corrected chi connectivity index (χ0v) is 7.15. The molecule has 0 aromatic carbocycles. The Kier molecular flexibility index (Phi) is 4.65. The van der Waals surface area contributed by atoms with Gasteiger partial charge in [0.15, 0.2) is 0 Å². The molecule has 0 aliphatic heterocycles. The molecule has 0 nitrogen and oxygen atoms in total. The van der Waals surface area contributed by atoms with E-state index in [-0.39, 0.29) is 0 Å². The van der Waals surface area contributed by atoms with Crippen molar-refractivity contribution < 1.29 is 0 Å². The topological polar surface area (TPSA) is 0 Å². The highest BCUT2D eigenvalue weighted by molar-refractivity contribution is 5.25. The van der Waals surface area contributed by atoms with E-state index in [9.17, 15) is 0 Å². The van der Waals surface area contributed by atoms with Crippen molar-refractivity contribution in [2.45, 2.75) is 27.2 Å². The van der Waals surface area contributed by atoms with Crippen molar-refractivity contribution in [1.82, 2.24) is 0 Å². The lowest BCUT2D eigenvalue weighted by Gasteiger charge is -1.92. The highest BCUT2D eigenvalue weighted by atomic mass is 13.9. The summed E-state index contributed by atoms with van der Waals surface area (Å²) in [6.45, 7) is 9.98. The predicted octanol–water partition coefficient (Wildman–Crippen LogP) is 3.48. The molecule has 0 bridgehead atoms. The van der Waals surface area contributed by atoms with Gasteiger partial charge in [0.05, 0.1) is 0 Å². The van der Waals surface area contributed by atoms with Crippen LogP contribution in [0.2, 0.25) is 0 Å². The van der Waals surface area contributed by atoms with Crippen LogP contribution in [0, 0.1) is 0 Å². The van der Waals surface area contributed by atoms with E-state index >= 15 is 0 Å². The molecular formula is C10H16. The molecule has 0 heterocycles. The summed E-state index contributed by atoms with van der Waals surface area (Å²) in [5, 5.41) is 0. The van der Waals surface area contributed by atoms with Crippen molar-refractivity contribution >= 4 is 0 Å². The second-order valence-corrected chi connectivity index (χ2v) is 2.45. The minimum atomic E-state index is 1.10. The predicted molar refractivity (Wildman–Crippen MR) is 48.0 cm³/mol. The van der Waals surface area contributed by atoms with E-state index in [0.717, 1.165) is 6.42 Å². The number of rotatable bonds is 3. The summed E-state index contributed by atoms with van der Waals surface area (Å²) in [5.41, 5.74) is 2.54. The third-order valence-corrected chi connectivity index (χ3v) is 1.30. The summed E-state index contributed by atoms with van der Waals surface area (Å²) >= 11 is 0. The molecule has 0 radical (unpaired) electrons. The standard InChI is InChI=1S/C10H16/c1-5-7-10(4)8-9(3)6-2/h6-8H,2,5H2,1,3-4H3. The average molecular weight is 136 g/mol. The van der Waals surface area contributed by atoms with Gasteiger partial charge in [-0.25, -0.2) is 0 Å². The third kappa shape index (κ3) is 4.13. The highest BCUT2D eigenvalue weighted by Crippen LogP contribution is 2.02. The van der Waals surface area contributed by atoms with Crippen molar-refractivity contribution in [3.05, 3.63) is 36.0 Å². The van der Waals surface area contributed by atoms with Crippen LogP contribution in [0.15, 0.2) is 36.0 Å². The number of hydrogen-bond acceptors (Lipinski definition) is 0. The molecule has 0 heteroatoms. The van der Waals surface area contributed by atoms with E-state index in [0.29, 0.717) is 0 Å². The lowest BCUT2D eigenvalue weighted by atomic mass is 10.2. The molecule has 0 N–H and O–H groups in total. The first-order chi connectivity index (χ1) is 4.70. The van der Waals surface area contributed by atoms with Gasteiger partial charge in [0, 0.05) is 0 Å². The first-order valence-electron chi connectivity index (χ1n) is 3.68. The molecule has 10 heavy (non-hydrogen) atoms. The van der Waals surface area contributed by atoms with Crippen LogP contribution in [0.25, 0.3) is 0 Å². The van der Waals surface area contributed by atoms with Gasteiger partial charge in [-0.2, -0.15) is 0 Å². The van der Waals surface area contributed by atoms with E-state index in [1.165, 1.54) is 11.1 Å². The molecule has 0 aliphatic carbocycles. The Labute approximate surface area is 64.0 Å². The Morgan fingerprint density at radius 2 is 1.90 bits per heavy atom. The SMILES string of the molecule is C=CC(C)=CC(C)=CCC. The molecule has 0 amide bonds. The van der Waals surface area contributed by atoms with E-state index in [1.807, 2.05) is 6.08 Å². The highest BCUT2D eigenvalue weighted by Gasteiger charge is 1.81. The summed E-state index contributed by atoms with van der Waals surface area (Å²) in [6, 6.07) is 0. The summed E-state index contributed by atoms with van der Waals surface area (Å²) in [4.78, 5) is 0. The van der Waals surface area contributed by atoms with E-state index in [4.69, 9.17) is 0 Å². The average Bonchev–Trinajstić information content (AvgIpc) is 1.88. The lowest BCUT2D eigenvalue weighted by molar-refractivity contribution is 1.19. The van der Waals surface area contributed by atoms with E-state index in [2.05, 4.69) is 39.5 Å². The molecule has 0 saturated carbocycles. The fourth-order valence-corrected chi connectivity index (χ4v) is 0.799. The van der Waals surface area contributed by atoms with E-state index in [1.54, 1.807) is 0 Å². The summed E-state index contributed by atoms with van der Waals surface area (Å²) < 4.78 is 0.